The normalized spacial score (nSPS) is 19.0. The van der Waals surface area contributed by atoms with E-state index in [4.69, 9.17) is 14.6 Å². The van der Waals surface area contributed by atoms with Crippen LogP contribution in [0, 0.1) is 6.92 Å². The third kappa shape index (κ3) is 5.02. The molecule has 3 aliphatic rings. The molecule has 0 radical (unpaired) electrons. The number of ether oxygens (including phenoxy) is 1. The van der Waals surface area contributed by atoms with Crippen molar-refractivity contribution >= 4 is 29.1 Å². The summed E-state index contributed by atoms with van der Waals surface area (Å²) in [5.41, 5.74) is 7.99. The molecule has 0 bridgehead atoms. The monoisotopic (exact) mass is 491 g/mol. The fourth-order valence-corrected chi connectivity index (χ4v) is 3.90. The molecule has 0 saturated carbocycles. The highest BCUT2D eigenvalue weighted by Gasteiger charge is 2.38. The van der Waals surface area contributed by atoms with Gasteiger partial charge in [-0.25, -0.2) is 10.2 Å². The van der Waals surface area contributed by atoms with Crippen molar-refractivity contribution in [3.63, 3.8) is 0 Å². The van der Waals surface area contributed by atoms with Crippen molar-refractivity contribution in [3.8, 4) is 16.9 Å². The van der Waals surface area contributed by atoms with Crippen LogP contribution in [0.1, 0.15) is 12.5 Å². The van der Waals surface area contributed by atoms with Gasteiger partial charge in [0.15, 0.2) is 5.84 Å². The zero-order valence-corrected chi connectivity index (χ0v) is 18.9. The van der Waals surface area contributed by atoms with Crippen LogP contribution in [0.15, 0.2) is 41.5 Å². The number of hydrazone groups is 1. The Balaban J connectivity index is 0.000000364. The SMILES string of the molecule is Cc1ccccc1-c1cc2c(cc1NC1CNC1)N1C(=NNC(=O)C1C)CO2.O=C(O)C(F)(F)F. The topological polar surface area (TPSA) is 115 Å². The molecular formula is C23H24F3N5O4. The molecule has 1 fully saturated rings. The van der Waals surface area contributed by atoms with Crippen molar-refractivity contribution < 1.29 is 32.6 Å². The number of carbonyl (C=O) groups is 2. The fraction of sp³-hybridized carbons (Fsp3) is 0.348. The number of amides is 1. The van der Waals surface area contributed by atoms with E-state index in [1.54, 1.807) is 0 Å². The van der Waals surface area contributed by atoms with Crippen molar-refractivity contribution in [1.82, 2.24) is 10.7 Å². The summed E-state index contributed by atoms with van der Waals surface area (Å²) in [6.45, 7) is 6.22. The van der Waals surface area contributed by atoms with Crippen LogP contribution in [0.25, 0.3) is 11.1 Å². The zero-order valence-electron chi connectivity index (χ0n) is 18.9. The van der Waals surface area contributed by atoms with Crippen molar-refractivity contribution in [2.24, 2.45) is 5.10 Å². The van der Waals surface area contributed by atoms with Crippen molar-refractivity contribution in [2.45, 2.75) is 32.1 Å². The Labute approximate surface area is 198 Å². The van der Waals surface area contributed by atoms with E-state index in [9.17, 15) is 18.0 Å². The summed E-state index contributed by atoms with van der Waals surface area (Å²) in [6, 6.07) is 12.6. The van der Waals surface area contributed by atoms with E-state index in [-0.39, 0.29) is 11.9 Å². The molecule has 35 heavy (non-hydrogen) atoms. The van der Waals surface area contributed by atoms with Crippen molar-refractivity contribution in [1.29, 1.82) is 0 Å². The Kier molecular flexibility index (Phi) is 6.57. The molecule has 0 aliphatic carbocycles. The average Bonchev–Trinajstić information content (AvgIpc) is 2.78. The lowest BCUT2D eigenvalue weighted by Crippen LogP contribution is -2.55. The van der Waals surface area contributed by atoms with Gasteiger partial charge in [-0.3, -0.25) is 4.79 Å². The molecule has 12 heteroatoms. The Hall–Kier alpha value is -3.80. The number of halogens is 3. The molecule has 0 spiro atoms. The Morgan fingerprint density at radius 2 is 1.91 bits per heavy atom. The van der Waals surface area contributed by atoms with Gasteiger partial charge >= 0.3 is 12.1 Å². The van der Waals surface area contributed by atoms with Gasteiger partial charge in [-0.15, -0.1) is 0 Å². The number of nitrogens with zero attached hydrogens (tertiary/aromatic N) is 2. The summed E-state index contributed by atoms with van der Waals surface area (Å²) >= 11 is 0. The number of aliphatic carboxylic acids is 1. The van der Waals surface area contributed by atoms with E-state index in [0.717, 1.165) is 41.6 Å². The first-order chi connectivity index (χ1) is 16.6. The fourth-order valence-electron chi connectivity index (χ4n) is 3.90. The molecule has 1 unspecified atom stereocenters. The Bertz CT molecular complexity index is 1180. The zero-order chi connectivity index (χ0) is 25.3. The molecule has 1 atom stereocenters. The van der Waals surface area contributed by atoms with Gasteiger partial charge in [0.25, 0.3) is 5.91 Å². The number of carboxylic acids is 1. The molecule has 9 nitrogen and oxygen atoms in total. The van der Waals surface area contributed by atoms with Crippen LogP contribution in [0.5, 0.6) is 5.75 Å². The summed E-state index contributed by atoms with van der Waals surface area (Å²) in [5, 5.41) is 18.3. The maximum absolute atomic E-state index is 12.2. The number of amidine groups is 1. The number of hydrogen-bond acceptors (Lipinski definition) is 7. The van der Waals surface area contributed by atoms with Crippen molar-refractivity contribution in [2.75, 3.05) is 29.9 Å². The van der Waals surface area contributed by atoms with Gasteiger partial charge in [-0.1, -0.05) is 24.3 Å². The number of aryl methyl sites for hydroxylation is 1. The van der Waals surface area contributed by atoms with Crippen LogP contribution in [0.3, 0.4) is 0 Å². The number of fused-ring (bicyclic) bond motifs is 3. The van der Waals surface area contributed by atoms with Gasteiger partial charge in [-0.05, 0) is 37.1 Å². The minimum Gasteiger partial charge on any atom is -0.483 e. The number of rotatable bonds is 3. The van der Waals surface area contributed by atoms with Crippen LogP contribution in [-0.4, -0.2) is 60.8 Å². The molecule has 186 valence electrons. The van der Waals surface area contributed by atoms with Gasteiger partial charge in [0.2, 0.25) is 0 Å². The molecule has 0 aromatic heterocycles. The molecular weight excluding hydrogens is 467 g/mol. The molecule has 3 aliphatic heterocycles. The van der Waals surface area contributed by atoms with Gasteiger partial charge in [0.05, 0.1) is 11.7 Å². The molecule has 1 saturated heterocycles. The second kappa shape index (κ2) is 9.45. The molecule has 2 aromatic rings. The first-order valence-corrected chi connectivity index (χ1v) is 10.9. The summed E-state index contributed by atoms with van der Waals surface area (Å²) in [7, 11) is 0. The lowest BCUT2D eigenvalue weighted by atomic mass is 9.96. The second-order valence-electron chi connectivity index (χ2n) is 8.32. The number of anilines is 2. The minimum absolute atomic E-state index is 0.114. The average molecular weight is 491 g/mol. The van der Waals surface area contributed by atoms with E-state index < -0.39 is 12.1 Å². The number of carboxylic acid groups (broad SMARTS) is 1. The van der Waals surface area contributed by atoms with Gasteiger partial charge < -0.3 is 25.4 Å². The van der Waals surface area contributed by atoms with E-state index in [2.05, 4.69) is 58.4 Å². The number of hydrogen-bond donors (Lipinski definition) is 4. The first kappa shape index (κ1) is 24.3. The number of nitrogens with one attached hydrogen (secondary N) is 3. The molecule has 4 N–H and O–H groups in total. The molecule has 3 heterocycles. The van der Waals surface area contributed by atoms with Crippen LogP contribution in [0.4, 0.5) is 24.5 Å². The van der Waals surface area contributed by atoms with Gasteiger partial charge in [0.1, 0.15) is 18.4 Å². The second-order valence-corrected chi connectivity index (χ2v) is 8.32. The summed E-state index contributed by atoms with van der Waals surface area (Å²) < 4.78 is 37.8. The van der Waals surface area contributed by atoms with Gasteiger partial charge in [0, 0.05) is 24.3 Å². The third-order valence-electron chi connectivity index (χ3n) is 5.87. The van der Waals surface area contributed by atoms with Gasteiger partial charge in [-0.2, -0.15) is 18.3 Å². The van der Waals surface area contributed by atoms with E-state index in [1.807, 2.05) is 17.9 Å². The summed E-state index contributed by atoms with van der Waals surface area (Å²) in [6.07, 6.45) is -5.08. The lowest BCUT2D eigenvalue weighted by Gasteiger charge is -2.39. The molecule has 2 aromatic carbocycles. The maximum atomic E-state index is 12.2. The van der Waals surface area contributed by atoms with Crippen LogP contribution < -0.4 is 25.7 Å². The van der Waals surface area contributed by atoms with Crippen LogP contribution >= 0.6 is 0 Å². The largest absolute Gasteiger partial charge is 0.490 e. The van der Waals surface area contributed by atoms with E-state index in [1.165, 1.54) is 11.1 Å². The lowest BCUT2D eigenvalue weighted by molar-refractivity contribution is -0.192. The highest BCUT2D eigenvalue weighted by Crippen LogP contribution is 2.43. The number of benzene rings is 2. The number of alkyl halides is 3. The smallest absolute Gasteiger partial charge is 0.483 e. The quantitative estimate of drug-likeness (QED) is 0.522. The summed E-state index contributed by atoms with van der Waals surface area (Å²) in [5.74, 6) is -1.37. The molecule has 5 rings (SSSR count). The predicted octanol–water partition coefficient (Wildman–Crippen LogP) is 2.71. The maximum Gasteiger partial charge on any atom is 0.490 e. The van der Waals surface area contributed by atoms with E-state index >= 15 is 0 Å². The highest BCUT2D eigenvalue weighted by atomic mass is 19.4. The Morgan fingerprint density at radius 1 is 1.23 bits per heavy atom. The van der Waals surface area contributed by atoms with E-state index in [0.29, 0.717) is 12.6 Å². The number of carbonyl (C=O) groups excluding carboxylic acids is 1. The standard InChI is InChI=1S/C21H23N5O2.C2HF3O2/c1-12-5-3-4-6-15(12)16-7-19-18(8-17(16)23-14-9-22-10-14)26-13(2)21(27)25-24-20(26)11-28-19;3-2(4,5)1(6)7/h3-8,13-14,22-23H,9-11H2,1-2H3,(H,25,27);(H,6,7). The van der Waals surface area contributed by atoms with Crippen LogP contribution in [0.2, 0.25) is 0 Å². The third-order valence-corrected chi connectivity index (χ3v) is 5.87. The van der Waals surface area contributed by atoms with Crippen molar-refractivity contribution in [3.05, 3.63) is 42.0 Å². The first-order valence-electron chi connectivity index (χ1n) is 10.9. The molecule has 1 amide bonds. The highest BCUT2D eigenvalue weighted by molar-refractivity contribution is 6.10. The minimum atomic E-state index is -5.08. The Morgan fingerprint density at radius 3 is 2.51 bits per heavy atom. The van der Waals surface area contributed by atoms with Crippen LogP contribution in [-0.2, 0) is 9.59 Å². The predicted molar refractivity (Wildman–Crippen MR) is 124 cm³/mol. The summed E-state index contributed by atoms with van der Waals surface area (Å²) in [4.78, 5) is 23.1.